The number of amides is 1. The minimum absolute atomic E-state index is 0.232. The highest BCUT2D eigenvalue weighted by Gasteiger charge is 2.20. The molecule has 0 aliphatic rings. The van der Waals surface area contributed by atoms with E-state index in [0.717, 1.165) is 26.1 Å². The summed E-state index contributed by atoms with van der Waals surface area (Å²) in [5, 5.41) is 9.38. The predicted octanol–water partition coefficient (Wildman–Crippen LogP) is 11.2. The van der Waals surface area contributed by atoms with Crippen LogP contribution in [-0.2, 0) is 14.3 Å². The zero-order chi connectivity index (χ0) is 35.7. The van der Waals surface area contributed by atoms with Crippen molar-refractivity contribution >= 4 is 5.91 Å². The molecule has 0 aromatic carbocycles. The summed E-state index contributed by atoms with van der Waals surface area (Å²) in [6.45, 7) is 7.60. The van der Waals surface area contributed by atoms with Gasteiger partial charge < -0.3 is 25.2 Å². The van der Waals surface area contributed by atoms with Crippen LogP contribution in [0.5, 0.6) is 0 Å². The molecule has 0 radical (unpaired) electrons. The first-order chi connectivity index (χ1) is 24.2. The van der Waals surface area contributed by atoms with Gasteiger partial charge in [0.25, 0.3) is 0 Å². The van der Waals surface area contributed by atoms with Crippen LogP contribution in [0.15, 0.2) is 24.3 Å². The molecule has 6 heteroatoms. The molecule has 0 fully saturated rings. The van der Waals surface area contributed by atoms with Crippen LogP contribution >= 0.6 is 0 Å². The average molecular weight is 693 g/mol. The fraction of sp³-hybridized carbons (Fsp3) is 0.884. The molecule has 3 N–H and O–H groups in total. The molecule has 1 unspecified atom stereocenters. The minimum Gasteiger partial charge on any atom is -0.394 e. The van der Waals surface area contributed by atoms with Crippen LogP contribution in [0.25, 0.3) is 0 Å². The Morgan fingerprint density at radius 3 is 1.14 bits per heavy atom. The number of rotatable bonds is 40. The van der Waals surface area contributed by atoms with E-state index in [1.54, 1.807) is 4.90 Å². The molecule has 0 saturated carbocycles. The molecule has 290 valence electrons. The summed E-state index contributed by atoms with van der Waals surface area (Å²) >= 11 is 0. The number of aliphatic hydroxyl groups excluding tert-OH is 1. The highest BCUT2D eigenvalue weighted by molar-refractivity contribution is 5.81. The molecule has 0 aliphatic heterocycles. The van der Waals surface area contributed by atoms with Gasteiger partial charge in [0.1, 0.15) is 6.04 Å². The third-order valence-electron chi connectivity index (χ3n) is 9.44. The second kappa shape index (κ2) is 41.2. The van der Waals surface area contributed by atoms with Gasteiger partial charge in [-0.2, -0.15) is 0 Å². The Hall–Kier alpha value is -1.21. The van der Waals surface area contributed by atoms with Crippen LogP contribution in [0.2, 0.25) is 0 Å². The van der Waals surface area contributed by atoms with Crippen molar-refractivity contribution < 1.29 is 19.4 Å². The highest BCUT2D eigenvalue weighted by Crippen LogP contribution is 2.12. The van der Waals surface area contributed by atoms with Crippen LogP contribution in [0.4, 0.5) is 0 Å². The minimum atomic E-state index is -0.883. The van der Waals surface area contributed by atoms with E-state index in [0.29, 0.717) is 26.3 Å². The topological polar surface area (TPSA) is 85.0 Å². The van der Waals surface area contributed by atoms with Gasteiger partial charge in [0, 0.05) is 26.3 Å². The lowest BCUT2D eigenvalue weighted by atomic mass is 10.1. The Bertz CT molecular complexity index is 666. The van der Waals surface area contributed by atoms with Gasteiger partial charge >= 0.3 is 0 Å². The summed E-state index contributed by atoms with van der Waals surface area (Å²) < 4.78 is 11.7. The first-order valence-corrected chi connectivity index (χ1v) is 21.3. The third kappa shape index (κ3) is 36.4. The van der Waals surface area contributed by atoms with Gasteiger partial charge in [0.05, 0.1) is 19.8 Å². The Balaban J connectivity index is 3.70. The van der Waals surface area contributed by atoms with Crippen molar-refractivity contribution in [2.45, 2.75) is 200 Å². The number of nitrogens with two attached hydrogens (primary N) is 1. The Labute approximate surface area is 305 Å². The van der Waals surface area contributed by atoms with Gasteiger partial charge in [-0.05, 0) is 64.2 Å². The molecule has 0 saturated heterocycles. The number of allylic oxidation sites excluding steroid dienone is 4. The van der Waals surface area contributed by atoms with Gasteiger partial charge in [0.2, 0.25) is 5.91 Å². The maximum Gasteiger partial charge on any atom is 0.242 e. The number of aliphatic hydroxyl groups is 1. The summed E-state index contributed by atoms with van der Waals surface area (Å²) in [6, 6.07) is -0.883. The van der Waals surface area contributed by atoms with Crippen molar-refractivity contribution in [2.24, 2.45) is 5.73 Å². The zero-order valence-corrected chi connectivity index (χ0v) is 32.8. The molecular weight excluding hydrogens is 608 g/mol. The lowest BCUT2D eigenvalue weighted by Gasteiger charge is -2.25. The van der Waals surface area contributed by atoms with E-state index in [1.165, 1.54) is 167 Å². The third-order valence-corrected chi connectivity index (χ3v) is 9.44. The molecule has 0 aromatic heterocycles. The molecule has 49 heavy (non-hydrogen) atoms. The van der Waals surface area contributed by atoms with Crippen molar-refractivity contribution in [3.63, 3.8) is 0 Å². The normalized spacial score (nSPS) is 12.5. The van der Waals surface area contributed by atoms with Gasteiger partial charge in [-0.25, -0.2) is 0 Å². The Kier molecular flexibility index (Phi) is 40.2. The molecule has 0 heterocycles. The van der Waals surface area contributed by atoms with E-state index in [1.807, 2.05) is 0 Å². The maximum absolute atomic E-state index is 12.6. The molecule has 0 rings (SSSR count). The van der Waals surface area contributed by atoms with E-state index in [4.69, 9.17) is 15.2 Å². The molecule has 0 spiro atoms. The van der Waals surface area contributed by atoms with E-state index in [-0.39, 0.29) is 12.5 Å². The van der Waals surface area contributed by atoms with Crippen molar-refractivity contribution in [3.8, 4) is 0 Å². The smallest absolute Gasteiger partial charge is 0.242 e. The second-order valence-corrected chi connectivity index (χ2v) is 14.2. The summed E-state index contributed by atoms with van der Waals surface area (Å²) in [4.78, 5) is 14.3. The van der Waals surface area contributed by atoms with Gasteiger partial charge in [-0.3, -0.25) is 4.79 Å². The summed E-state index contributed by atoms with van der Waals surface area (Å²) in [7, 11) is 0. The largest absolute Gasteiger partial charge is 0.394 e. The van der Waals surface area contributed by atoms with Crippen LogP contribution in [0, 0.1) is 0 Å². The number of nitrogens with zero attached hydrogens (tertiary/aromatic N) is 1. The Morgan fingerprint density at radius 2 is 0.816 bits per heavy atom. The molecule has 0 aromatic rings. The standard InChI is InChI=1S/C43H84N2O4/c1-3-5-7-9-11-13-15-17-19-21-23-25-27-29-31-33-37-48-39-35-45(43(47)42(44)41-46)36-40-49-38-34-32-30-28-26-24-22-20-18-16-14-12-10-8-6-4-2/h17-20,42,46H,3-16,21-41,44H2,1-2H3/b19-17-,20-18-. The van der Waals surface area contributed by atoms with E-state index in [2.05, 4.69) is 38.2 Å². The highest BCUT2D eigenvalue weighted by atomic mass is 16.5. The SMILES string of the molecule is CCCCCCCC/C=C\CCCCCCCCOCCN(CCOCCCCCCCC/C=C\CCCCCCCC)C(=O)C(N)CO. The maximum atomic E-state index is 12.6. The number of hydrogen-bond donors (Lipinski definition) is 2. The Morgan fingerprint density at radius 1 is 0.510 bits per heavy atom. The number of carbonyl (C=O) groups excluding carboxylic acids is 1. The second-order valence-electron chi connectivity index (χ2n) is 14.2. The van der Waals surface area contributed by atoms with E-state index < -0.39 is 6.04 Å². The van der Waals surface area contributed by atoms with Gasteiger partial charge in [0.15, 0.2) is 0 Å². The van der Waals surface area contributed by atoms with Crippen LogP contribution in [-0.4, -0.2) is 68.1 Å². The van der Waals surface area contributed by atoms with E-state index in [9.17, 15) is 9.90 Å². The first kappa shape index (κ1) is 47.8. The molecule has 6 nitrogen and oxygen atoms in total. The van der Waals surface area contributed by atoms with Crippen molar-refractivity contribution in [2.75, 3.05) is 46.1 Å². The molecule has 0 aliphatic carbocycles. The first-order valence-electron chi connectivity index (χ1n) is 21.3. The monoisotopic (exact) mass is 693 g/mol. The van der Waals surface area contributed by atoms with Gasteiger partial charge in [-0.15, -0.1) is 0 Å². The predicted molar refractivity (Wildman–Crippen MR) is 212 cm³/mol. The van der Waals surface area contributed by atoms with Crippen molar-refractivity contribution in [1.29, 1.82) is 0 Å². The lowest BCUT2D eigenvalue weighted by molar-refractivity contribution is -0.135. The average Bonchev–Trinajstić information content (AvgIpc) is 3.11. The van der Waals surface area contributed by atoms with Crippen LogP contribution < -0.4 is 5.73 Å². The molecule has 0 bridgehead atoms. The molecule has 1 amide bonds. The van der Waals surface area contributed by atoms with Crippen LogP contribution in [0.1, 0.15) is 194 Å². The van der Waals surface area contributed by atoms with Crippen molar-refractivity contribution in [1.82, 2.24) is 4.90 Å². The summed E-state index contributed by atoms with van der Waals surface area (Å²) in [5.41, 5.74) is 5.84. The number of hydrogen-bond acceptors (Lipinski definition) is 5. The fourth-order valence-corrected chi connectivity index (χ4v) is 6.10. The number of ether oxygens (including phenoxy) is 2. The fourth-order valence-electron chi connectivity index (χ4n) is 6.10. The van der Waals surface area contributed by atoms with Gasteiger partial charge in [-0.1, -0.05) is 154 Å². The van der Waals surface area contributed by atoms with Crippen molar-refractivity contribution in [3.05, 3.63) is 24.3 Å². The quantitative estimate of drug-likeness (QED) is 0.0493. The number of carbonyl (C=O) groups is 1. The van der Waals surface area contributed by atoms with Crippen LogP contribution in [0.3, 0.4) is 0 Å². The summed E-state index contributed by atoms with van der Waals surface area (Å²) in [6.07, 6.45) is 45.8. The zero-order valence-electron chi connectivity index (χ0n) is 32.8. The number of unbranched alkanes of at least 4 members (excludes halogenated alkanes) is 24. The van der Waals surface area contributed by atoms with E-state index >= 15 is 0 Å². The summed E-state index contributed by atoms with van der Waals surface area (Å²) in [5.74, 6) is -0.232. The molecular formula is C43H84N2O4. The molecule has 1 atom stereocenters. The lowest BCUT2D eigenvalue weighted by Crippen LogP contribution is -2.48.